The number of hydrogen-bond acceptors (Lipinski definition) is 8. The maximum atomic E-state index is 13.7. The number of nitrogens with one attached hydrogen (secondary N) is 1. The van der Waals surface area contributed by atoms with Crippen LogP contribution in [0.25, 0.3) is 0 Å². The van der Waals surface area contributed by atoms with E-state index in [2.05, 4.69) is 22.3 Å². The van der Waals surface area contributed by atoms with Crippen LogP contribution in [0.4, 0.5) is 5.69 Å². The molecule has 2 aliphatic rings. The fraction of sp³-hybridized carbons (Fsp3) is 0.419. The molecule has 1 fully saturated rings. The van der Waals surface area contributed by atoms with Crippen molar-refractivity contribution in [3.05, 3.63) is 98.4 Å². The molecule has 2 heterocycles. The highest BCUT2D eigenvalue weighted by Gasteiger charge is 2.43. The Bertz CT molecular complexity index is 1370. The van der Waals surface area contributed by atoms with Crippen LogP contribution in [0.3, 0.4) is 0 Å². The third-order valence-corrected chi connectivity index (χ3v) is 7.81. The number of allylic oxidation sites excluding steroid dienone is 2. The van der Waals surface area contributed by atoms with Crippen LogP contribution in [0.15, 0.2) is 77.1 Å². The third-order valence-electron chi connectivity index (χ3n) is 7.81. The second-order valence-corrected chi connectivity index (χ2v) is 11.0. The molecular weight excluding hydrogens is 524 g/mol. The van der Waals surface area contributed by atoms with E-state index in [1.807, 2.05) is 43.9 Å². The lowest BCUT2D eigenvalue weighted by Gasteiger charge is -2.48. The summed E-state index contributed by atoms with van der Waals surface area (Å²) >= 11 is 0. The van der Waals surface area contributed by atoms with Crippen molar-refractivity contribution in [1.82, 2.24) is 15.1 Å². The minimum absolute atomic E-state index is 0.00848. The normalized spacial score (nSPS) is 20.8. The highest BCUT2D eigenvalue weighted by atomic mass is 16.6. The predicted molar refractivity (Wildman–Crippen MR) is 155 cm³/mol. The molecule has 2 aromatic carbocycles. The molecule has 0 bridgehead atoms. The number of carboxylic acids is 1. The molecule has 4 rings (SSSR count). The lowest BCUT2D eigenvalue weighted by Crippen LogP contribution is -2.55. The van der Waals surface area contributed by atoms with Crippen molar-refractivity contribution in [3.63, 3.8) is 0 Å². The summed E-state index contributed by atoms with van der Waals surface area (Å²) in [6.45, 7) is 11.7. The molecule has 41 heavy (non-hydrogen) atoms. The second kappa shape index (κ2) is 12.7. The number of non-ortho nitro benzene ring substituents is 1. The van der Waals surface area contributed by atoms with Crippen molar-refractivity contribution < 1.29 is 24.4 Å². The van der Waals surface area contributed by atoms with E-state index in [1.165, 1.54) is 18.2 Å². The quantitative estimate of drug-likeness (QED) is 0.251. The molecular formula is C31H38N4O6. The standard InChI is InChI=1S/C31H38N4O6/c1-19(2)18-41-31(38)28-21(4)34(22(5)33-15-14-32-17-26(33)23-10-7-6-8-11-23)20(3)27(30(36)37)29(28)24-12-9-13-25(16-24)35(39)40/h6-13,16,19,22,26,29,32H,14-15,17-18H2,1-5H3,(H,36,37). The molecule has 218 valence electrons. The van der Waals surface area contributed by atoms with Gasteiger partial charge in [0.1, 0.15) is 0 Å². The number of ether oxygens (including phenoxy) is 1. The van der Waals surface area contributed by atoms with Crippen LogP contribution in [0.1, 0.15) is 57.7 Å². The van der Waals surface area contributed by atoms with Gasteiger partial charge in [-0.05, 0) is 37.8 Å². The van der Waals surface area contributed by atoms with E-state index in [-0.39, 0.29) is 41.6 Å². The molecule has 3 unspecified atom stereocenters. The van der Waals surface area contributed by atoms with Gasteiger partial charge in [0.25, 0.3) is 5.69 Å². The largest absolute Gasteiger partial charge is 0.478 e. The maximum absolute atomic E-state index is 13.7. The zero-order chi connectivity index (χ0) is 29.8. The van der Waals surface area contributed by atoms with Gasteiger partial charge in [-0.3, -0.25) is 15.0 Å². The third kappa shape index (κ3) is 6.18. The van der Waals surface area contributed by atoms with Crippen molar-refractivity contribution in [3.8, 4) is 0 Å². The molecule has 10 heteroatoms. The Balaban J connectivity index is 1.87. The number of esters is 1. The number of nitro groups is 1. The van der Waals surface area contributed by atoms with Crippen LogP contribution in [0.2, 0.25) is 0 Å². The first-order chi connectivity index (χ1) is 19.5. The van der Waals surface area contributed by atoms with Crippen LogP contribution in [-0.4, -0.2) is 64.2 Å². The molecule has 1 saturated heterocycles. The zero-order valence-corrected chi connectivity index (χ0v) is 24.2. The number of aliphatic carboxylic acids is 1. The maximum Gasteiger partial charge on any atom is 0.336 e. The zero-order valence-electron chi connectivity index (χ0n) is 24.2. The summed E-state index contributed by atoms with van der Waals surface area (Å²) in [6, 6.07) is 16.0. The van der Waals surface area contributed by atoms with E-state index >= 15 is 0 Å². The number of carboxylic acid groups (broad SMARTS) is 1. The summed E-state index contributed by atoms with van der Waals surface area (Å²) in [5.41, 5.74) is 2.51. The second-order valence-electron chi connectivity index (χ2n) is 11.0. The minimum Gasteiger partial charge on any atom is -0.478 e. The minimum atomic E-state index is -1.20. The number of carbonyl (C=O) groups is 2. The van der Waals surface area contributed by atoms with E-state index in [4.69, 9.17) is 4.74 Å². The van der Waals surface area contributed by atoms with Crippen molar-refractivity contribution in [2.75, 3.05) is 26.2 Å². The highest BCUT2D eigenvalue weighted by Crippen LogP contribution is 2.45. The van der Waals surface area contributed by atoms with Gasteiger partial charge >= 0.3 is 11.9 Å². The monoisotopic (exact) mass is 562 g/mol. The summed E-state index contributed by atoms with van der Waals surface area (Å²) in [6.07, 6.45) is -0.310. The van der Waals surface area contributed by atoms with E-state index in [0.29, 0.717) is 23.5 Å². The lowest BCUT2D eigenvalue weighted by molar-refractivity contribution is -0.384. The molecule has 0 radical (unpaired) electrons. The van der Waals surface area contributed by atoms with E-state index < -0.39 is 22.8 Å². The lowest BCUT2D eigenvalue weighted by atomic mass is 9.79. The number of benzene rings is 2. The summed E-state index contributed by atoms with van der Waals surface area (Å²) in [4.78, 5) is 41.9. The Labute approximate surface area is 240 Å². The number of hydrogen-bond donors (Lipinski definition) is 2. The summed E-state index contributed by atoms with van der Waals surface area (Å²) in [5.74, 6) is -2.80. The van der Waals surface area contributed by atoms with Gasteiger partial charge in [-0.2, -0.15) is 0 Å². The number of piperazine rings is 1. The van der Waals surface area contributed by atoms with Gasteiger partial charge in [-0.25, -0.2) is 9.59 Å². The smallest absolute Gasteiger partial charge is 0.336 e. The fourth-order valence-corrected chi connectivity index (χ4v) is 5.95. The molecule has 10 nitrogen and oxygen atoms in total. The summed E-state index contributed by atoms with van der Waals surface area (Å²) in [5, 5.41) is 25.6. The van der Waals surface area contributed by atoms with Crippen molar-refractivity contribution in [2.24, 2.45) is 5.92 Å². The number of rotatable bonds is 9. The Hall–Kier alpha value is -4.02. The topological polar surface area (TPSA) is 125 Å². The first-order valence-electron chi connectivity index (χ1n) is 13.9. The number of nitro benzene ring substituents is 1. The Kier molecular flexibility index (Phi) is 9.25. The van der Waals surface area contributed by atoms with E-state index in [1.54, 1.807) is 19.9 Å². The van der Waals surface area contributed by atoms with Gasteiger partial charge in [-0.1, -0.05) is 56.3 Å². The Morgan fingerprint density at radius 1 is 1.05 bits per heavy atom. The molecule has 0 saturated carbocycles. The van der Waals surface area contributed by atoms with Gasteiger partial charge < -0.3 is 20.1 Å². The Morgan fingerprint density at radius 3 is 2.34 bits per heavy atom. The number of carbonyl (C=O) groups excluding carboxylic acids is 1. The van der Waals surface area contributed by atoms with E-state index in [9.17, 15) is 24.8 Å². The van der Waals surface area contributed by atoms with Gasteiger partial charge in [0.2, 0.25) is 0 Å². The summed E-state index contributed by atoms with van der Waals surface area (Å²) < 4.78 is 5.67. The van der Waals surface area contributed by atoms with Gasteiger partial charge in [0.05, 0.1) is 34.8 Å². The summed E-state index contributed by atoms with van der Waals surface area (Å²) in [7, 11) is 0. The average Bonchev–Trinajstić information content (AvgIpc) is 2.95. The molecule has 0 aromatic heterocycles. The van der Waals surface area contributed by atoms with Crippen molar-refractivity contribution >= 4 is 17.6 Å². The molecule has 3 atom stereocenters. The molecule has 0 amide bonds. The molecule has 2 aromatic rings. The average molecular weight is 563 g/mol. The van der Waals surface area contributed by atoms with Crippen LogP contribution in [0.5, 0.6) is 0 Å². The fourth-order valence-electron chi connectivity index (χ4n) is 5.95. The van der Waals surface area contributed by atoms with Gasteiger partial charge in [0, 0.05) is 49.2 Å². The first kappa shape index (κ1) is 30.0. The number of nitrogens with zero attached hydrogens (tertiary/aromatic N) is 3. The first-order valence-corrected chi connectivity index (χ1v) is 13.9. The van der Waals surface area contributed by atoms with Crippen molar-refractivity contribution in [2.45, 2.75) is 52.7 Å². The van der Waals surface area contributed by atoms with Crippen LogP contribution >= 0.6 is 0 Å². The van der Waals surface area contributed by atoms with Crippen molar-refractivity contribution in [1.29, 1.82) is 0 Å². The SMILES string of the molecule is CC1=C(C(=O)O)C(c2cccc([N+](=O)[O-])c2)C(C(=O)OCC(C)C)=C(C)N1C(C)N1CCNCC1c1ccccc1. The van der Waals surface area contributed by atoms with Crippen LogP contribution in [0, 0.1) is 16.0 Å². The molecule has 2 aliphatic heterocycles. The van der Waals surface area contributed by atoms with Gasteiger partial charge in [-0.15, -0.1) is 0 Å². The Morgan fingerprint density at radius 2 is 1.71 bits per heavy atom. The van der Waals surface area contributed by atoms with Crippen LogP contribution in [-0.2, 0) is 14.3 Å². The van der Waals surface area contributed by atoms with Gasteiger partial charge in [0.15, 0.2) is 0 Å². The molecule has 0 spiro atoms. The molecule has 0 aliphatic carbocycles. The van der Waals surface area contributed by atoms with Crippen LogP contribution < -0.4 is 5.32 Å². The highest BCUT2D eigenvalue weighted by molar-refractivity contribution is 5.99. The van der Waals surface area contributed by atoms with E-state index in [0.717, 1.165) is 18.7 Å². The predicted octanol–water partition coefficient (Wildman–Crippen LogP) is 4.82. The molecule has 2 N–H and O–H groups in total.